The summed E-state index contributed by atoms with van der Waals surface area (Å²) in [6, 6.07) is 14.5. The molecule has 7 heteroatoms. The van der Waals surface area contributed by atoms with Crippen molar-refractivity contribution in [3.63, 3.8) is 0 Å². The van der Waals surface area contributed by atoms with E-state index in [1.54, 1.807) is 18.2 Å². The molecule has 0 aliphatic rings. The highest BCUT2D eigenvalue weighted by Gasteiger charge is 2.15. The predicted molar refractivity (Wildman–Crippen MR) is 120 cm³/mol. The number of rotatable bonds is 10. The van der Waals surface area contributed by atoms with Gasteiger partial charge in [-0.1, -0.05) is 18.2 Å². The molecular formula is C24H32N2O5. The molecule has 0 unspecified atom stereocenters. The molecule has 31 heavy (non-hydrogen) atoms. The van der Waals surface area contributed by atoms with E-state index < -0.39 is 11.7 Å². The average molecular weight is 429 g/mol. The number of alkyl carbamates (subject to hydrolysis) is 1. The van der Waals surface area contributed by atoms with Crippen LogP contribution in [0.3, 0.4) is 0 Å². The van der Waals surface area contributed by atoms with Gasteiger partial charge in [-0.05, 0) is 64.3 Å². The molecule has 0 heterocycles. The Kier molecular flexibility index (Phi) is 9.18. The highest BCUT2D eigenvalue weighted by Crippen LogP contribution is 2.28. The predicted octanol–water partition coefficient (Wildman–Crippen LogP) is 4.91. The van der Waals surface area contributed by atoms with Crippen LogP contribution < -0.4 is 20.1 Å². The monoisotopic (exact) mass is 428 g/mol. The molecule has 2 N–H and O–H groups in total. The summed E-state index contributed by atoms with van der Waals surface area (Å²) in [5, 5.41) is 5.63. The third kappa shape index (κ3) is 8.99. The number of hydrogen-bond donors (Lipinski definition) is 2. The van der Waals surface area contributed by atoms with Crippen molar-refractivity contribution in [2.24, 2.45) is 0 Å². The number of amides is 2. The minimum absolute atomic E-state index is 0.199. The van der Waals surface area contributed by atoms with E-state index in [-0.39, 0.29) is 5.91 Å². The molecule has 0 spiro atoms. The minimum atomic E-state index is -0.499. The van der Waals surface area contributed by atoms with Gasteiger partial charge in [-0.2, -0.15) is 0 Å². The molecule has 7 nitrogen and oxygen atoms in total. The Hall–Kier alpha value is -3.22. The molecule has 0 fully saturated rings. The fourth-order valence-electron chi connectivity index (χ4n) is 2.78. The SMILES string of the molecule is COc1cc(Oc2ccccc2)ccc1C(=O)NCCCCCNC(=O)OC(C)(C)C. The molecule has 2 aromatic rings. The Morgan fingerprint density at radius 2 is 1.55 bits per heavy atom. The lowest BCUT2D eigenvalue weighted by molar-refractivity contribution is 0.0527. The maximum absolute atomic E-state index is 12.5. The van der Waals surface area contributed by atoms with Gasteiger partial charge in [0.15, 0.2) is 0 Å². The molecule has 168 valence electrons. The van der Waals surface area contributed by atoms with E-state index in [1.807, 2.05) is 51.1 Å². The first-order valence-corrected chi connectivity index (χ1v) is 10.4. The summed E-state index contributed by atoms with van der Waals surface area (Å²) in [6.45, 7) is 6.56. The second-order valence-corrected chi connectivity index (χ2v) is 8.02. The van der Waals surface area contributed by atoms with Crippen molar-refractivity contribution in [1.82, 2.24) is 10.6 Å². The molecular weight excluding hydrogens is 396 g/mol. The number of unbranched alkanes of at least 4 members (excludes halogenated alkanes) is 2. The second kappa shape index (κ2) is 11.8. The van der Waals surface area contributed by atoms with E-state index in [4.69, 9.17) is 14.2 Å². The zero-order valence-electron chi connectivity index (χ0n) is 18.7. The van der Waals surface area contributed by atoms with Gasteiger partial charge in [0.25, 0.3) is 5.91 Å². The first-order chi connectivity index (χ1) is 14.8. The van der Waals surface area contributed by atoms with Crippen LogP contribution in [0.15, 0.2) is 48.5 Å². The molecule has 0 atom stereocenters. The van der Waals surface area contributed by atoms with Gasteiger partial charge in [0.05, 0.1) is 12.7 Å². The summed E-state index contributed by atoms with van der Waals surface area (Å²) in [5.41, 5.74) is -0.0455. The molecule has 0 aromatic heterocycles. The Morgan fingerprint density at radius 1 is 0.871 bits per heavy atom. The molecule has 0 saturated heterocycles. The normalized spacial score (nSPS) is 10.8. The zero-order chi connectivity index (χ0) is 22.7. The van der Waals surface area contributed by atoms with Crippen molar-refractivity contribution in [1.29, 1.82) is 0 Å². The van der Waals surface area contributed by atoms with E-state index in [0.717, 1.165) is 19.3 Å². The first kappa shape index (κ1) is 24.1. The van der Waals surface area contributed by atoms with Crippen molar-refractivity contribution in [3.8, 4) is 17.2 Å². The summed E-state index contributed by atoms with van der Waals surface area (Å²) in [7, 11) is 1.52. The van der Waals surface area contributed by atoms with Gasteiger partial charge in [-0.15, -0.1) is 0 Å². The fraction of sp³-hybridized carbons (Fsp3) is 0.417. The first-order valence-electron chi connectivity index (χ1n) is 10.4. The fourth-order valence-corrected chi connectivity index (χ4v) is 2.78. The largest absolute Gasteiger partial charge is 0.496 e. The van der Waals surface area contributed by atoms with Crippen LogP contribution >= 0.6 is 0 Å². The van der Waals surface area contributed by atoms with Crippen LogP contribution in [0, 0.1) is 0 Å². The number of carbonyl (C=O) groups is 2. The molecule has 2 amide bonds. The third-order valence-electron chi connectivity index (χ3n) is 4.20. The van der Waals surface area contributed by atoms with Crippen LogP contribution in [-0.2, 0) is 4.74 Å². The zero-order valence-corrected chi connectivity index (χ0v) is 18.7. The van der Waals surface area contributed by atoms with Crippen molar-refractivity contribution < 1.29 is 23.8 Å². The van der Waals surface area contributed by atoms with Crippen molar-refractivity contribution >= 4 is 12.0 Å². The molecule has 0 bridgehead atoms. The highest BCUT2D eigenvalue weighted by atomic mass is 16.6. The summed E-state index contributed by atoms with van der Waals surface area (Å²) in [4.78, 5) is 24.1. The molecule has 2 rings (SSSR count). The average Bonchev–Trinajstić information content (AvgIpc) is 2.72. The van der Waals surface area contributed by atoms with Crippen molar-refractivity contribution in [2.45, 2.75) is 45.6 Å². The van der Waals surface area contributed by atoms with Crippen LogP contribution in [0.1, 0.15) is 50.4 Å². The smallest absolute Gasteiger partial charge is 0.407 e. The van der Waals surface area contributed by atoms with E-state index in [2.05, 4.69) is 10.6 Å². The molecule has 0 aliphatic carbocycles. The number of carbonyl (C=O) groups excluding carboxylic acids is 2. The summed E-state index contributed by atoms with van der Waals surface area (Å²) in [6.07, 6.45) is 2.08. The van der Waals surface area contributed by atoms with Crippen LogP contribution in [0.4, 0.5) is 4.79 Å². The maximum Gasteiger partial charge on any atom is 0.407 e. The Morgan fingerprint density at radius 3 is 2.19 bits per heavy atom. The molecule has 0 aliphatic heterocycles. The lowest BCUT2D eigenvalue weighted by Crippen LogP contribution is -2.33. The summed E-state index contributed by atoms with van der Waals surface area (Å²) < 4.78 is 16.3. The van der Waals surface area contributed by atoms with Gasteiger partial charge in [-0.25, -0.2) is 4.79 Å². The summed E-state index contributed by atoms with van der Waals surface area (Å²) >= 11 is 0. The number of benzene rings is 2. The second-order valence-electron chi connectivity index (χ2n) is 8.02. The lowest BCUT2D eigenvalue weighted by atomic mass is 10.1. The van der Waals surface area contributed by atoms with Gasteiger partial charge in [0.2, 0.25) is 0 Å². The van der Waals surface area contributed by atoms with Crippen LogP contribution in [0.25, 0.3) is 0 Å². The minimum Gasteiger partial charge on any atom is -0.496 e. The standard InChI is InChI=1S/C24H32N2O5/c1-24(2,3)31-23(28)26-16-10-6-9-15-25-22(27)20-14-13-19(17-21(20)29-4)30-18-11-7-5-8-12-18/h5,7-8,11-14,17H,6,9-10,15-16H2,1-4H3,(H,25,27)(H,26,28). The van der Waals surface area contributed by atoms with Crippen molar-refractivity contribution in [2.75, 3.05) is 20.2 Å². The van der Waals surface area contributed by atoms with Crippen LogP contribution in [0.5, 0.6) is 17.2 Å². The highest BCUT2D eigenvalue weighted by molar-refractivity contribution is 5.97. The Bertz CT molecular complexity index is 847. The Balaban J connectivity index is 1.72. The quantitative estimate of drug-likeness (QED) is 0.525. The van der Waals surface area contributed by atoms with Crippen LogP contribution in [-0.4, -0.2) is 37.8 Å². The van der Waals surface area contributed by atoms with Gasteiger partial charge in [0, 0.05) is 19.2 Å². The van der Waals surface area contributed by atoms with Gasteiger partial charge >= 0.3 is 6.09 Å². The van der Waals surface area contributed by atoms with Crippen LogP contribution in [0.2, 0.25) is 0 Å². The van der Waals surface area contributed by atoms with Crippen molar-refractivity contribution in [3.05, 3.63) is 54.1 Å². The van der Waals surface area contributed by atoms with E-state index in [1.165, 1.54) is 7.11 Å². The van der Waals surface area contributed by atoms with Gasteiger partial charge in [-0.3, -0.25) is 4.79 Å². The molecule has 2 aromatic carbocycles. The maximum atomic E-state index is 12.5. The Labute approximate surface area is 184 Å². The summed E-state index contributed by atoms with van der Waals surface area (Å²) in [5.74, 6) is 1.56. The number of methoxy groups -OCH3 is 1. The number of ether oxygens (including phenoxy) is 3. The molecule has 0 saturated carbocycles. The topological polar surface area (TPSA) is 85.9 Å². The number of para-hydroxylation sites is 1. The number of hydrogen-bond acceptors (Lipinski definition) is 5. The number of nitrogens with one attached hydrogen (secondary N) is 2. The van der Waals surface area contributed by atoms with Gasteiger partial charge in [0.1, 0.15) is 22.8 Å². The van der Waals surface area contributed by atoms with E-state index in [0.29, 0.717) is 35.9 Å². The molecule has 0 radical (unpaired) electrons. The third-order valence-corrected chi connectivity index (χ3v) is 4.20. The van der Waals surface area contributed by atoms with E-state index >= 15 is 0 Å². The van der Waals surface area contributed by atoms with E-state index in [9.17, 15) is 9.59 Å². The van der Waals surface area contributed by atoms with Gasteiger partial charge < -0.3 is 24.8 Å². The lowest BCUT2D eigenvalue weighted by Gasteiger charge is -2.19.